The van der Waals surface area contributed by atoms with Crippen molar-refractivity contribution in [3.63, 3.8) is 0 Å². The van der Waals surface area contributed by atoms with Gasteiger partial charge in [-0.1, -0.05) is 42.0 Å². The normalized spacial score (nSPS) is 17.0. The van der Waals surface area contributed by atoms with E-state index in [-0.39, 0.29) is 11.9 Å². The van der Waals surface area contributed by atoms with Crippen LogP contribution in [-0.4, -0.2) is 10.7 Å². The molecule has 3 aromatic rings. The van der Waals surface area contributed by atoms with Gasteiger partial charge in [-0.05, 0) is 37.1 Å². The molecule has 4 rings (SSSR count). The average Bonchev–Trinajstić information content (AvgIpc) is 3.23. The average molecular weight is 351 g/mol. The Bertz CT molecular complexity index is 913. The van der Waals surface area contributed by atoms with E-state index in [0.29, 0.717) is 0 Å². The van der Waals surface area contributed by atoms with Crippen LogP contribution in [0.1, 0.15) is 34.8 Å². The second-order valence-electron chi connectivity index (χ2n) is 6.30. The monoisotopic (exact) mass is 351 g/mol. The predicted molar refractivity (Wildman–Crippen MR) is 101 cm³/mol. The fourth-order valence-corrected chi connectivity index (χ4v) is 3.80. The van der Waals surface area contributed by atoms with E-state index < -0.39 is 0 Å². The van der Waals surface area contributed by atoms with Crippen LogP contribution in [0.3, 0.4) is 0 Å². The van der Waals surface area contributed by atoms with E-state index in [2.05, 4.69) is 36.2 Å². The molecule has 1 aliphatic rings. The molecule has 0 spiro atoms. The first kappa shape index (κ1) is 16.0. The third-order valence-electron chi connectivity index (χ3n) is 4.35. The summed E-state index contributed by atoms with van der Waals surface area (Å²) in [5.74, 6) is -0.232. The summed E-state index contributed by atoms with van der Waals surface area (Å²) in [6.45, 7) is 4.07. The van der Waals surface area contributed by atoms with E-state index in [1.54, 1.807) is 23.5 Å². The molecule has 1 aromatic heterocycles. The molecule has 5 heteroatoms. The summed E-state index contributed by atoms with van der Waals surface area (Å²) in [6.07, 6.45) is 0.771. The summed E-state index contributed by atoms with van der Waals surface area (Å²) in [5.41, 5.74) is 5.35. The van der Waals surface area contributed by atoms with Crippen LogP contribution in [0.15, 0.2) is 59.0 Å². The van der Waals surface area contributed by atoms with Crippen LogP contribution in [0.2, 0.25) is 0 Å². The minimum atomic E-state index is -0.232. The Labute approximate surface area is 150 Å². The first-order valence-corrected chi connectivity index (χ1v) is 9.09. The lowest BCUT2D eigenvalue weighted by Crippen LogP contribution is -2.18. The maximum absolute atomic E-state index is 13.2. The first-order chi connectivity index (χ1) is 12.1. The van der Waals surface area contributed by atoms with Gasteiger partial charge in [0, 0.05) is 11.8 Å². The number of aromatic nitrogens is 1. The fraction of sp³-hybridized carbons (Fsp3) is 0.200. The highest BCUT2D eigenvalue weighted by Gasteiger charge is 2.31. The molecule has 0 saturated carbocycles. The number of halogens is 1. The van der Waals surface area contributed by atoms with Crippen molar-refractivity contribution in [3.8, 4) is 0 Å². The van der Waals surface area contributed by atoms with E-state index in [4.69, 9.17) is 5.10 Å². The van der Waals surface area contributed by atoms with Gasteiger partial charge in [0.05, 0.1) is 17.4 Å². The van der Waals surface area contributed by atoms with Gasteiger partial charge in [0.25, 0.3) is 0 Å². The Morgan fingerprint density at radius 2 is 1.76 bits per heavy atom. The van der Waals surface area contributed by atoms with Crippen LogP contribution < -0.4 is 5.01 Å². The molecule has 0 fully saturated rings. The Kier molecular flexibility index (Phi) is 4.09. The van der Waals surface area contributed by atoms with Crippen LogP contribution in [-0.2, 0) is 0 Å². The molecule has 2 heterocycles. The van der Waals surface area contributed by atoms with E-state index in [1.165, 1.54) is 23.3 Å². The number of hydrogen-bond acceptors (Lipinski definition) is 4. The van der Waals surface area contributed by atoms with Gasteiger partial charge < -0.3 is 0 Å². The van der Waals surface area contributed by atoms with Gasteiger partial charge in [0.2, 0.25) is 5.13 Å². The van der Waals surface area contributed by atoms with Crippen molar-refractivity contribution in [3.05, 3.63) is 82.1 Å². The number of hydrazone groups is 1. The molecule has 1 atom stereocenters. The number of nitrogens with zero attached hydrogens (tertiary/aromatic N) is 3. The minimum Gasteiger partial charge on any atom is -0.231 e. The molecule has 25 heavy (non-hydrogen) atoms. The third-order valence-corrected chi connectivity index (χ3v) is 5.30. The summed E-state index contributed by atoms with van der Waals surface area (Å²) < 4.78 is 13.2. The highest BCUT2D eigenvalue weighted by Crippen LogP contribution is 2.38. The number of anilines is 1. The minimum absolute atomic E-state index is 0.103. The molecule has 126 valence electrons. The molecule has 1 aliphatic heterocycles. The van der Waals surface area contributed by atoms with Gasteiger partial charge in [-0.2, -0.15) is 5.10 Å². The molecule has 0 bridgehead atoms. The molecular formula is C20H18FN3S. The standard InChI is InChI=1S/C20H18FN3S/c1-13-3-5-16(6-4-13)19-11-18(15-7-9-17(21)10-8-15)23-24(19)20-22-14(2)12-25-20/h3-10,12,19H,11H2,1-2H3. The van der Waals surface area contributed by atoms with Gasteiger partial charge in [-0.15, -0.1) is 11.3 Å². The molecule has 3 nitrogen and oxygen atoms in total. The van der Waals surface area contributed by atoms with Crippen LogP contribution in [0.4, 0.5) is 9.52 Å². The fourth-order valence-electron chi connectivity index (χ4n) is 3.00. The Morgan fingerprint density at radius 1 is 1.04 bits per heavy atom. The molecule has 0 N–H and O–H groups in total. The van der Waals surface area contributed by atoms with Crippen LogP contribution in [0.25, 0.3) is 0 Å². The zero-order valence-electron chi connectivity index (χ0n) is 14.1. The highest BCUT2D eigenvalue weighted by molar-refractivity contribution is 7.13. The highest BCUT2D eigenvalue weighted by atomic mass is 32.1. The Balaban J connectivity index is 1.73. The zero-order valence-corrected chi connectivity index (χ0v) is 14.9. The van der Waals surface area contributed by atoms with Crippen molar-refractivity contribution in [1.29, 1.82) is 0 Å². The molecule has 1 unspecified atom stereocenters. The predicted octanol–water partition coefficient (Wildman–Crippen LogP) is 5.25. The van der Waals surface area contributed by atoms with Crippen molar-refractivity contribution in [1.82, 2.24) is 4.98 Å². The molecule has 2 aromatic carbocycles. The molecular weight excluding hydrogens is 333 g/mol. The second-order valence-corrected chi connectivity index (χ2v) is 7.14. The van der Waals surface area contributed by atoms with Crippen molar-refractivity contribution in [2.45, 2.75) is 26.3 Å². The smallest absolute Gasteiger partial charge is 0.206 e. The zero-order chi connectivity index (χ0) is 17.4. The van der Waals surface area contributed by atoms with Gasteiger partial charge in [-0.25, -0.2) is 14.4 Å². The number of thiazole rings is 1. The maximum Gasteiger partial charge on any atom is 0.206 e. The number of hydrogen-bond donors (Lipinski definition) is 0. The van der Waals surface area contributed by atoms with Crippen LogP contribution in [0, 0.1) is 19.7 Å². The molecule has 0 aliphatic carbocycles. The lowest BCUT2D eigenvalue weighted by Gasteiger charge is -2.21. The maximum atomic E-state index is 13.2. The second kappa shape index (κ2) is 6.41. The van der Waals surface area contributed by atoms with Crippen LogP contribution in [0.5, 0.6) is 0 Å². The van der Waals surface area contributed by atoms with Gasteiger partial charge >= 0.3 is 0 Å². The summed E-state index contributed by atoms with van der Waals surface area (Å²) >= 11 is 1.60. The first-order valence-electron chi connectivity index (χ1n) is 8.21. The van der Waals surface area contributed by atoms with Gasteiger partial charge in [0.1, 0.15) is 5.82 Å². The Morgan fingerprint density at radius 3 is 2.40 bits per heavy atom. The molecule has 0 radical (unpaired) electrons. The van der Waals surface area contributed by atoms with Crippen molar-refractivity contribution in [2.24, 2.45) is 5.10 Å². The van der Waals surface area contributed by atoms with Gasteiger partial charge in [0.15, 0.2) is 0 Å². The molecule has 0 saturated heterocycles. The SMILES string of the molecule is Cc1ccc(C2CC(c3ccc(F)cc3)=NN2c2nc(C)cs2)cc1. The van der Waals surface area contributed by atoms with Crippen molar-refractivity contribution >= 4 is 22.2 Å². The van der Waals surface area contributed by atoms with E-state index >= 15 is 0 Å². The number of aryl methyl sites for hydroxylation is 2. The van der Waals surface area contributed by atoms with Crippen molar-refractivity contribution in [2.75, 3.05) is 5.01 Å². The summed E-state index contributed by atoms with van der Waals surface area (Å²) in [4.78, 5) is 4.61. The van der Waals surface area contributed by atoms with E-state index in [1.807, 2.05) is 17.3 Å². The number of rotatable bonds is 3. The topological polar surface area (TPSA) is 28.5 Å². The Hall–Kier alpha value is -2.53. The van der Waals surface area contributed by atoms with E-state index in [0.717, 1.165) is 28.5 Å². The quantitative estimate of drug-likeness (QED) is 0.644. The van der Waals surface area contributed by atoms with E-state index in [9.17, 15) is 4.39 Å². The van der Waals surface area contributed by atoms with Crippen molar-refractivity contribution < 1.29 is 4.39 Å². The summed E-state index contributed by atoms with van der Waals surface area (Å²) in [6, 6.07) is 15.2. The lowest BCUT2D eigenvalue weighted by atomic mass is 9.98. The number of benzene rings is 2. The van der Waals surface area contributed by atoms with Gasteiger partial charge in [-0.3, -0.25) is 0 Å². The summed E-state index contributed by atoms with van der Waals surface area (Å²) in [5, 5.41) is 9.75. The lowest BCUT2D eigenvalue weighted by molar-refractivity contribution is 0.627. The molecule has 0 amide bonds. The van der Waals surface area contributed by atoms with Crippen LogP contribution >= 0.6 is 11.3 Å². The summed E-state index contributed by atoms with van der Waals surface area (Å²) in [7, 11) is 0. The largest absolute Gasteiger partial charge is 0.231 e. The third kappa shape index (κ3) is 3.20.